The lowest BCUT2D eigenvalue weighted by Crippen LogP contribution is -2.50. The van der Waals surface area contributed by atoms with Gasteiger partial charge in [-0.25, -0.2) is 0 Å². The Labute approximate surface area is 150 Å². The first-order valence-electron chi connectivity index (χ1n) is 8.62. The number of nitrogens with one attached hydrogen (secondary N) is 2. The molecule has 0 aliphatic carbocycles. The van der Waals surface area contributed by atoms with Crippen molar-refractivity contribution in [3.63, 3.8) is 0 Å². The zero-order valence-corrected chi connectivity index (χ0v) is 14.3. The molecule has 26 heavy (non-hydrogen) atoms. The molecule has 3 rings (SSSR count). The van der Waals surface area contributed by atoms with Crippen LogP contribution < -0.4 is 10.6 Å². The number of benzene rings is 2. The molecule has 0 saturated carbocycles. The maximum Gasteiger partial charge on any atom is 0.416 e. The van der Waals surface area contributed by atoms with Crippen molar-refractivity contribution in [3.05, 3.63) is 71.3 Å². The average molecular weight is 362 g/mol. The van der Waals surface area contributed by atoms with Gasteiger partial charge in [-0.15, -0.1) is 0 Å². The van der Waals surface area contributed by atoms with Crippen molar-refractivity contribution in [1.29, 1.82) is 0 Å². The monoisotopic (exact) mass is 362 g/mol. The fourth-order valence-corrected chi connectivity index (χ4v) is 3.44. The van der Waals surface area contributed by atoms with Crippen LogP contribution in [0.1, 0.15) is 29.5 Å². The smallest absolute Gasteiger partial charge is 0.351 e. The first-order chi connectivity index (χ1) is 12.4. The SMILES string of the molecule is O=C(NCc1ccccc1)C1(c2cccc(C(F)(F)F)c2)CCNCC1. The Morgan fingerprint density at radius 2 is 1.73 bits per heavy atom. The number of hydrogen-bond acceptors (Lipinski definition) is 2. The van der Waals surface area contributed by atoms with Crippen molar-refractivity contribution < 1.29 is 18.0 Å². The predicted molar refractivity (Wildman–Crippen MR) is 93.5 cm³/mol. The molecule has 0 spiro atoms. The standard InChI is InChI=1S/C20H21F3N2O/c21-20(22,23)17-8-4-7-16(13-17)19(9-11-24-12-10-19)18(26)25-14-15-5-2-1-3-6-15/h1-8,13,24H,9-12,14H2,(H,25,26). The number of piperidine rings is 1. The normalized spacial score (nSPS) is 16.9. The molecule has 1 saturated heterocycles. The molecule has 138 valence electrons. The summed E-state index contributed by atoms with van der Waals surface area (Å²) >= 11 is 0. The van der Waals surface area contributed by atoms with Gasteiger partial charge in [0.05, 0.1) is 11.0 Å². The Balaban J connectivity index is 1.88. The van der Waals surface area contributed by atoms with Crippen molar-refractivity contribution in [2.24, 2.45) is 0 Å². The fraction of sp³-hybridized carbons (Fsp3) is 0.350. The van der Waals surface area contributed by atoms with E-state index in [1.54, 1.807) is 6.07 Å². The van der Waals surface area contributed by atoms with E-state index in [0.29, 0.717) is 38.0 Å². The minimum Gasteiger partial charge on any atom is -0.351 e. The summed E-state index contributed by atoms with van der Waals surface area (Å²) in [5, 5.41) is 6.10. The van der Waals surface area contributed by atoms with Crippen molar-refractivity contribution in [2.45, 2.75) is 31.0 Å². The summed E-state index contributed by atoms with van der Waals surface area (Å²) in [6.45, 7) is 1.54. The third-order valence-corrected chi connectivity index (χ3v) is 4.93. The van der Waals surface area contributed by atoms with E-state index in [-0.39, 0.29) is 5.91 Å². The number of alkyl halides is 3. The lowest BCUT2D eigenvalue weighted by atomic mass is 9.72. The van der Waals surface area contributed by atoms with Crippen LogP contribution in [0, 0.1) is 0 Å². The Morgan fingerprint density at radius 3 is 2.38 bits per heavy atom. The number of carbonyl (C=O) groups excluding carboxylic acids is 1. The third-order valence-electron chi connectivity index (χ3n) is 4.93. The second-order valence-corrected chi connectivity index (χ2v) is 6.58. The van der Waals surface area contributed by atoms with E-state index in [1.165, 1.54) is 6.07 Å². The van der Waals surface area contributed by atoms with Gasteiger partial charge in [-0.3, -0.25) is 4.79 Å². The Hall–Kier alpha value is -2.34. The summed E-state index contributed by atoms with van der Waals surface area (Å²) in [5.74, 6) is -0.220. The van der Waals surface area contributed by atoms with Gasteiger partial charge in [-0.05, 0) is 43.1 Å². The van der Waals surface area contributed by atoms with Crippen LogP contribution in [0.4, 0.5) is 13.2 Å². The summed E-state index contributed by atoms with van der Waals surface area (Å²) in [7, 11) is 0. The summed E-state index contributed by atoms with van der Waals surface area (Å²) in [5.41, 5.74) is -0.279. The zero-order valence-electron chi connectivity index (χ0n) is 14.3. The zero-order chi connectivity index (χ0) is 18.6. The maximum atomic E-state index is 13.1. The van der Waals surface area contributed by atoms with Gasteiger partial charge >= 0.3 is 6.18 Å². The van der Waals surface area contributed by atoms with E-state index < -0.39 is 17.2 Å². The molecule has 1 fully saturated rings. The van der Waals surface area contributed by atoms with E-state index >= 15 is 0 Å². The topological polar surface area (TPSA) is 41.1 Å². The minimum atomic E-state index is -4.43. The van der Waals surface area contributed by atoms with Crippen LogP contribution in [0.5, 0.6) is 0 Å². The molecular formula is C20H21F3N2O. The molecule has 2 aromatic rings. The van der Waals surface area contributed by atoms with Gasteiger partial charge in [0.1, 0.15) is 0 Å². The number of carbonyl (C=O) groups is 1. The Bertz CT molecular complexity index is 753. The van der Waals surface area contributed by atoms with E-state index in [4.69, 9.17) is 0 Å². The van der Waals surface area contributed by atoms with Crippen LogP contribution in [0.25, 0.3) is 0 Å². The molecule has 1 aliphatic heterocycles. The van der Waals surface area contributed by atoms with Crippen LogP contribution in [-0.2, 0) is 22.9 Å². The van der Waals surface area contributed by atoms with Crippen molar-refractivity contribution in [3.8, 4) is 0 Å². The quantitative estimate of drug-likeness (QED) is 0.872. The van der Waals surface area contributed by atoms with Gasteiger partial charge < -0.3 is 10.6 Å². The summed E-state index contributed by atoms with van der Waals surface area (Å²) < 4.78 is 39.4. The third kappa shape index (κ3) is 3.90. The maximum absolute atomic E-state index is 13.1. The second kappa shape index (κ2) is 7.50. The Kier molecular flexibility index (Phi) is 5.32. The van der Waals surface area contributed by atoms with Crippen molar-refractivity contribution in [1.82, 2.24) is 10.6 Å². The van der Waals surface area contributed by atoms with Gasteiger partial charge in [0.15, 0.2) is 0 Å². The van der Waals surface area contributed by atoms with Crippen LogP contribution >= 0.6 is 0 Å². The van der Waals surface area contributed by atoms with Crippen molar-refractivity contribution >= 4 is 5.91 Å². The van der Waals surface area contributed by atoms with Crippen LogP contribution in [-0.4, -0.2) is 19.0 Å². The van der Waals surface area contributed by atoms with E-state index in [2.05, 4.69) is 10.6 Å². The molecule has 1 aliphatic rings. The molecule has 0 unspecified atom stereocenters. The lowest BCUT2D eigenvalue weighted by Gasteiger charge is -2.37. The number of hydrogen-bond donors (Lipinski definition) is 2. The van der Waals surface area contributed by atoms with Crippen molar-refractivity contribution in [2.75, 3.05) is 13.1 Å². The van der Waals surface area contributed by atoms with E-state index in [0.717, 1.165) is 17.7 Å². The largest absolute Gasteiger partial charge is 0.416 e. The molecule has 0 atom stereocenters. The molecule has 1 amide bonds. The molecule has 0 radical (unpaired) electrons. The lowest BCUT2D eigenvalue weighted by molar-refractivity contribution is -0.138. The van der Waals surface area contributed by atoms with Gasteiger partial charge in [-0.1, -0.05) is 48.5 Å². The summed E-state index contributed by atoms with van der Waals surface area (Å²) in [6.07, 6.45) is -3.49. The first-order valence-corrected chi connectivity index (χ1v) is 8.62. The van der Waals surface area contributed by atoms with Gasteiger partial charge in [0, 0.05) is 6.54 Å². The van der Waals surface area contributed by atoms with Gasteiger partial charge in [0.25, 0.3) is 0 Å². The molecule has 3 nitrogen and oxygen atoms in total. The molecular weight excluding hydrogens is 341 g/mol. The number of amides is 1. The fourth-order valence-electron chi connectivity index (χ4n) is 3.44. The summed E-state index contributed by atoms with van der Waals surface area (Å²) in [4.78, 5) is 13.0. The first kappa shape index (κ1) is 18.5. The van der Waals surface area contributed by atoms with E-state index in [1.807, 2.05) is 30.3 Å². The average Bonchev–Trinajstić information content (AvgIpc) is 2.67. The molecule has 6 heteroatoms. The number of rotatable bonds is 4. The Morgan fingerprint density at radius 1 is 1.04 bits per heavy atom. The summed E-state index contributed by atoms with van der Waals surface area (Å²) in [6, 6.07) is 14.6. The molecule has 1 heterocycles. The second-order valence-electron chi connectivity index (χ2n) is 6.58. The predicted octanol–water partition coefficient (Wildman–Crippen LogP) is 3.64. The highest BCUT2D eigenvalue weighted by molar-refractivity contribution is 5.88. The van der Waals surface area contributed by atoms with Gasteiger partial charge in [0.2, 0.25) is 5.91 Å². The molecule has 0 bridgehead atoms. The molecule has 2 aromatic carbocycles. The van der Waals surface area contributed by atoms with Crippen LogP contribution in [0.15, 0.2) is 54.6 Å². The molecule has 0 aromatic heterocycles. The number of halogens is 3. The highest BCUT2D eigenvalue weighted by Gasteiger charge is 2.42. The minimum absolute atomic E-state index is 0.220. The van der Waals surface area contributed by atoms with E-state index in [9.17, 15) is 18.0 Å². The van der Waals surface area contributed by atoms with Crippen LogP contribution in [0.3, 0.4) is 0 Å². The highest BCUT2D eigenvalue weighted by Crippen LogP contribution is 2.37. The van der Waals surface area contributed by atoms with Crippen LogP contribution in [0.2, 0.25) is 0 Å². The van der Waals surface area contributed by atoms with Gasteiger partial charge in [-0.2, -0.15) is 13.2 Å². The molecule has 2 N–H and O–H groups in total. The highest BCUT2D eigenvalue weighted by atomic mass is 19.4.